The summed E-state index contributed by atoms with van der Waals surface area (Å²) in [5, 5.41) is 8.57. The summed E-state index contributed by atoms with van der Waals surface area (Å²) in [6, 6.07) is 0. The molecule has 0 aliphatic carbocycles. The van der Waals surface area contributed by atoms with Crippen molar-refractivity contribution in [2.75, 3.05) is 6.61 Å². The highest BCUT2D eigenvalue weighted by Gasteiger charge is 1.94. The molecule has 0 aromatic rings. The highest BCUT2D eigenvalue weighted by molar-refractivity contribution is 4.48. The third kappa shape index (κ3) is 12.0. The molecule has 1 heteroatoms. The Morgan fingerprint density at radius 3 is 1.69 bits per heavy atom. The van der Waals surface area contributed by atoms with Gasteiger partial charge in [-0.3, -0.25) is 0 Å². The number of hydrogen-bond acceptors (Lipinski definition) is 1. The van der Waals surface area contributed by atoms with Gasteiger partial charge in [-0.1, -0.05) is 58.8 Å². The van der Waals surface area contributed by atoms with Crippen molar-refractivity contribution in [2.45, 2.75) is 65.2 Å². The summed E-state index contributed by atoms with van der Waals surface area (Å²) in [6.45, 7) is 4.95. The van der Waals surface area contributed by atoms with Gasteiger partial charge in [-0.15, -0.1) is 0 Å². The number of unbranched alkanes of at least 4 members (excludes halogenated alkanes) is 6. The van der Waals surface area contributed by atoms with Gasteiger partial charge in [0.1, 0.15) is 0 Å². The molecule has 1 N–H and O–H groups in total. The maximum atomic E-state index is 8.57. The Balaban J connectivity index is 2.84. The minimum absolute atomic E-state index is 0.368. The van der Waals surface area contributed by atoms with Crippen molar-refractivity contribution in [3.63, 3.8) is 0 Å². The van der Waals surface area contributed by atoms with Crippen molar-refractivity contribution in [3.05, 3.63) is 0 Å². The molecule has 13 heavy (non-hydrogen) atoms. The van der Waals surface area contributed by atoms with Crippen LogP contribution in [0.3, 0.4) is 0 Å². The van der Waals surface area contributed by atoms with Gasteiger partial charge in [0, 0.05) is 6.61 Å². The Bertz CT molecular complexity index is 89.1. The second-order valence-corrected chi connectivity index (χ2v) is 4.38. The minimum atomic E-state index is 0.368. The second-order valence-electron chi connectivity index (χ2n) is 4.38. The quantitative estimate of drug-likeness (QED) is 0.544. The average molecular weight is 186 g/mol. The van der Waals surface area contributed by atoms with Crippen molar-refractivity contribution in [2.24, 2.45) is 5.92 Å². The number of rotatable bonds is 9. The van der Waals surface area contributed by atoms with E-state index in [0.29, 0.717) is 6.61 Å². The first-order valence-electron chi connectivity index (χ1n) is 5.88. The Morgan fingerprint density at radius 2 is 1.23 bits per heavy atom. The molecule has 1 nitrogen and oxygen atoms in total. The molecule has 80 valence electrons. The molecule has 0 saturated heterocycles. The molecule has 0 aliphatic heterocycles. The summed E-state index contributed by atoms with van der Waals surface area (Å²) in [6.07, 6.45) is 10.4. The maximum absolute atomic E-state index is 8.57. The number of aliphatic hydroxyl groups excluding tert-OH is 1. The molecule has 0 atom stereocenters. The van der Waals surface area contributed by atoms with Crippen LogP contribution in [0.15, 0.2) is 0 Å². The Morgan fingerprint density at radius 1 is 0.769 bits per heavy atom. The third-order valence-corrected chi connectivity index (χ3v) is 2.44. The van der Waals surface area contributed by atoms with Crippen LogP contribution in [0.25, 0.3) is 0 Å². The van der Waals surface area contributed by atoms with Gasteiger partial charge >= 0.3 is 0 Å². The summed E-state index contributed by atoms with van der Waals surface area (Å²) in [4.78, 5) is 0. The smallest absolute Gasteiger partial charge is 0.0431 e. The highest BCUT2D eigenvalue weighted by atomic mass is 16.2. The summed E-state index contributed by atoms with van der Waals surface area (Å²) in [7, 11) is 0. The second kappa shape index (κ2) is 10.0. The van der Waals surface area contributed by atoms with Gasteiger partial charge in [-0.05, 0) is 12.3 Å². The van der Waals surface area contributed by atoms with Crippen LogP contribution in [0.2, 0.25) is 0 Å². The van der Waals surface area contributed by atoms with Crippen molar-refractivity contribution in [3.8, 4) is 0 Å². The Labute approximate surface area is 83.5 Å². The standard InChI is InChI=1S/C12H26O/c1-12(2)10-8-6-4-3-5-7-9-11-13/h12-13H,3-11H2,1-2H3. The van der Waals surface area contributed by atoms with Gasteiger partial charge in [-0.2, -0.15) is 0 Å². The van der Waals surface area contributed by atoms with Crippen LogP contribution in [0, 0.1) is 5.92 Å². The van der Waals surface area contributed by atoms with Gasteiger partial charge in [0.05, 0.1) is 0 Å². The molecule has 0 saturated carbocycles. The predicted octanol–water partition coefficient (Wildman–Crippen LogP) is 3.76. The molecule has 0 bridgehead atoms. The van der Waals surface area contributed by atoms with Gasteiger partial charge in [0.15, 0.2) is 0 Å². The van der Waals surface area contributed by atoms with E-state index in [1.54, 1.807) is 0 Å². The molecule has 0 aromatic carbocycles. The molecular weight excluding hydrogens is 160 g/mol. The highest BCUT2D eigenvalue weighted by Crippen LogP contribution is 2.11. The minimum Gasteiger partial charge on any atom is -0.396 e. The van der Waals surface area contributed by atoms with E-state index in [-0.39, 0.29) is 0 Å². The lowest BCUT2D eigenvalue weighted by molar-refractivity contribution is 0.282. The van der Waals surface area contributed by atoms with Crippen LogP contribution in [0.5, 0.6) is 0 Å². The van der Waals surface area contributed by atoms with E-state index in [0.717, 1.165) is 12.3 Å². The van der Waals surface area contributed by atoms with Gasteiger partial charge < -0.3 is 5.11 Å². The molecular formula is C12H26O. The number of aliphatic hydroxyl groups is 1. The van der Waals surface area contributed by atoms with E-state index in [4.69, 9.17) is 5.11 Å². The molecule has 0 aromatic heterocycles. The molecule has 0 amide bonds. The van der Waals surface area contributed by atoms with Gasteiger partial charge in [0.2, 0.25) is 0 Å². The van der Waals surface area contributed by atoms with Crippen molar-refractivity contribution in [1.29, 1.82) is 0 Å². The first kappa shape index (κ1) is 13.0. The lowest BCUT2D eigenvalue weighted by Gasteiger charge is -2.03. The van der Waals surface area contributed by atoms with Crippen molar-refractivity contribution >= 4 is 0 Å². The third-order valence-electron chi connectivity index (χ3n) is 2.44. The van der Waals surface area contributed by atoms with Crippen molar-refractivity contribution in [1.82, 2.24) is 0 Å². The lowest BCUT2D eigenvalue weighted by Crippen LogP contribution is -1.87. The van der Waals surface area contributed by atoms with Crippen LogP contribution in [0.1, 0.15) is 65.2 Å². The lowest BCUT2D eigenvalue weighted by atomic mass is 10.0. The molecule has 0 aliphatic rings. The van der Waals surface area contributed by atoms with Crippen LogP contribution in [-0.4, -0.2) is 11.7 Å². The van der Waals surface area contributed by atoms with E-state index in [1.807, 2.05) is 0 Å². The zero-order chi connectivity index (χ0) is 9.94. The fourth-order valence-corrected chi connectivity index (χ4v) is 1.55. The van der Waals surface area contributed by atoms with E-state index in [9.17, 15) is 0 Å². The van der Waals surface area contributed by atoms with Gasteiger partial charge in [0.25, 0.3) is 0 Å². The number of hydrogen-bond donors (Lipinski definition) is 1. The predicted molar refractivity (Wildman–Crippen MR) is 58.9 cm³/mol. The first-order chi connectivity index (χ1) is 6.27. The first-order valence-corrected chi connectivity index (χ1v) is 5.88. The summed E-state index contributed by atoms with van der Waals surface area (Å²) < 4.78 is 0. The SMILES string of the molecule is CC(C)CCCCCCCCCO. The molecule has 0 fully saturated rings. The van der Waals surface area contributed by atoms with Crippen LogP contribution < -0.4 is 0 Å². The zero-order valence-electron chi connectivity index (χ0n) is 9.39. The molecule has 0 heterocycles. The molecule has 0 unspecified atom stereocenters. The van der Waals surface area contributed by atoms with Crippen LogP contribution in [-0.2, 0) is 0 Å². The fraction of sp³-hybridized carbons (Fsp3) is 1.00. The monoisotopic (exact) mass is 186 g/mol. The zero-order valence-corrected chi connectivity index (χ0v) is 9.39. The van der Waals surface area contributed by atoms with Crippen molar-refractivity contribution < 1.29 is 5.11 Å². The van der Waals surface area contributed by atoms with Crippen LogP contribution >= 0.6 is 0 Å². The van der Waals surface area contributed by atoms with Crippen LogP contribution in [0.4, 0.5) is 0 Å². The average Bonchev–Trinajstić information content (AvgIpc) is 2.09. The van der Waals surface area contributed by atoms with E-state index < -0.39 is 0 Å². The summed E-state index contributed by atoms with van der Waals surface area (Å²) in [5.74, 6) is 0.870. The topological polar surface area (TPSA) is 20.2 Å². The molecule has 0 spiro atoms. The van der Waals surface area contributed by atoms with E-state index >= 15 is 0 Å². The fourth-order valence-electron chi connectivity index (χ4n) is 1.55. The van der Waals surface area contributed by atoms with Gasteiger partial charge in [-0.25, -0.2) is 0 Å². The Hall–Kier alpha value is -0.0400. The largest absolute Gasteiger partial charge is 0.396 e. The van der Waals surface area contributed by atoms with E-state index in [1.165, 1.54) is 44.9 Å². The summed E-state index contributed by atoms with van der Waals surface area (Å²) >= 11 is 0. The Kier molecular flexibility index (Phi) is 10.0. The molecule has 0 radical (unpaired) electrons. The van der Waals surface area contributed by atoms with E-state index in [2.05, 4.69) is 13.8 Å². The normalized spacial score (nSPS) is 11.1. The molecule has 0 rings (SSSR count). The maximum Gasteiger partial charge on any atom is 0.0431 e. The summed E-state index contributed by atoms with van der Waals surface area (Å²) in [5.41, 5.74) is 0.